The van der Waals surface area contributed by atoms with Gasteiger partial charge in [-0.2, -0.15) is 20.5 Å². The van der Waals surface area contributed by atoms with E-state index in [1.807, 2.05) is 127 Å². The molecule has 12 aromatic carbocycles. The van der Waals surface area contributed by atoms with Crippen LogP contribution < -0.4 is 18.9 Å². The zero-order valence-electron chi connectivity index (χ0n) is 83.6. The molecule has 20 nitrogen and oxygen atoms in total. The Kier molecular flexibility index (Phi) is 44.3. The normalized spacial score (nSPS) is 12.6. The van der Waals surface area contributed by atoms with Crippen LogP contribution in [0.25, 0.3) is 0 Å². The summed E-state index contributed by atoms with van der Waals surface area (Å²) in [4.78, 5) is 0. The third kappa shape index (κ3) is 33.1. The number of azo groups is 4. The van der Waals surface area contributed by atoms with Crippen LogP contribution in [0.2, 0.25) is 0 Å². The van der Waals surface area contributed by atoms with Crippen LogP contribution in [0.5, 0.6) is 92.0 Å². The number of hydrogen-bond donors (Lipinski definition) is 8. The summed E-state index contributed by atoms with van der Waals surface area (Å²) in [5.41, 5.74) is 2.61. The minimum Gasteiger partial charge on any atom is -0.505 e. The summed E-state index contributed by atoms with van der Waals surface area (Å²) in [5.74, 6) is -1.59. The molecule has 744 valence electrons. The standard InChI is InChI=1S/C121H148N8O12/c1-6-10-14-18-22-26-30-34-42-54-87(5)104-84-105(117(133)112(116(104)132)127-123-89-68-76-97(77-69-89)139-93-57-45-39-46-58-93)101(64-52-36-32-28-24-20-16-12-8-3)108-86-109(121(137)114(120(108)136)129-125-91-72-80-99(81-73-91)141-95-61-49-41-50-62-95)102(65-53-37-33-29-25-21-17-13-9-4)107-85-106(118(134)113(119(107)135)128-124-90-70-78-98(79-71-90)140-94-59-47-40-48-60-94)100(63-51-35-31-27-23-19-15-11-7-2)103-82-83-110(130)111(115(103)131)126-122-88-66-74-96(75-67-88)138-92-55-43-38-44-56-92/h38-41,43-50,55-62,66-87,100-102,130-137H,6-37,42,51-54,63-65H2,1-5H3. The maximum absolute atomic E-state index is 14.0. The number of rotatable bonds is 63. The fraction of sp³-hybridized carbons (Fsp3) is 0.405. The Morgan fingerprint density at radius 3 is 0.645 bits per heavy atom. The number of hydrogen-bond acceptors (Lipinski definition) is 20. The highest BCUT2D eigenvalue weighted by Gasteiger charge is 2.36. The van der Waals surface area contributed by atoms with E-state index in [1.165, 1.54) is 51.0 Å². The number of phenolic OH excluding ortho intramolecular Hbond substituents is 8. The van der Waals surface area contributed by atoms with Gasteiger partial charge in [-0.3, -0.25) is 0 Å². The molecule has 0 amide bonds. The SMILES string of the molecule is CCCCCCCCCCCC(C)c1cc(C(CCCCCCCCCCC)c2cc(C(CCCCCCCCCCC)c3cc(C(CCCCCCCCCCC)c4ccc(O)c(N=Nc5ccc(Oc6ccccc6)cc5)c4O)c(O)c(N=Nc4ccc(Oc5ccccc5)cc4)c3O)c(O)c(N=Nc3ccc(Oc4ccccc4)cc3)c2O)c(O)c(N=Nc2ccc(Oc3ccccc3)cc2)c1O. The minimum atomic E-state index is -1.06. The molecule has 20 heteroatoms. The van der Waals surface area contributed by atoms with Gasteiger partial charge in [0.2, 0.25) is 0 Å². The van der Waals surface area contributed by atoms with Gasteiger partial charge in [0.15, 0.2) is 57.2 Å². The number of para-hydroxylation sites is 4. The molecule has 0 aromatic heterocycles. The van der Waals surface area contributed by atoms with Gasteiger partial charge in [0.25, 0.3) is 0 Å². The molecule has 141 heavy (non-hydrogen) atoms. The lowest BCUT2D eigenvalue weighted by Gasteiger charge is -2.28. The second kappa shape index (κ2) is 58.6. The zero-order chi connectivity index (χ0) is 99.0. The van der Waals surface area contributed by atoms with Crippen molar-refractivity contribution in [1.82, 2.24) is 0 Å². The predicted molar refractivity (Wildman–Crippen MR) is 569 cm³/mol. The Balaban J connectivity index is 1.08. The summed E-state index contributed by atoms with van der Waals surface area (Å²) in [6, 6.07) is 74.3. The predicted octanol–water partition coefficient (Wildman–Crippen LogP) is 39.3. The summed E-state index contributed by atoms with van der Waals surface area (Å²) in [6.07, 6.45) is 38.5. The number of unbranched alkanes of at least 4 members (excludes halogenated alkanes) is 32. The molecule has 0 bridgehead atoms. The van der Waals surface area contributed by atoms with E-state index in [0.29, 0.717) is 118 Å². The molecule has 0 saturated carbocycles. The molecule has 12 aromatic rings. The number of aromatic hydroxyl groups is 8. The van der Waals surface area contributed by atoms with Crippen LogP contribution in [0.15, 0.2) is 290 Å². The molecule has 0 aliphatic rings. The minimum absolute atomic E-state index is 0.157. The largest absolute Gasteiger partial charge is 0.505 e. The summed E-state index contributed by atoms with van der Waals surface area (Å²) in [6.45, 7) is 11.0. The van der Waals surface area contributed by atoms with Gasteiger partial charge in [-0.05, 0) is 207 Å². The Hall–Kier alpha value is -13.4. The third-order valence-corrected chi connectivity index (χ3v) is 26.7. The number of benzene rings is 12. The Bertz CT molecular complexity index is 5830. The third-order valence-electron chi connectivity index (χ3n) is 26.7. The lowest BCUT2D eigenvalue weighted by Crippen LogP contribution is -2.10. The average molecular weight is 1910 g/mol. The van der Waals surface area contributed by atoms with Crippen molar-refractivity contribution in [1.29, 1.82) is 0 Å². The van der Waals surface area contributed by atoms with Crippen molar-refractivity contribution < 1.29 is 59.8 Å². The average Bonchev–Trinajstić information content (AvgIpc) is 0.741. The second-order valence-corrected chi connectivity index (χ2v) is 37.6. The molecule has 0 fully saturated rings. The van der Waals surface area contributed by atoms with Crippen LogP contribution in [0.4, 0.5) is 45.5 Å². The topological polar surface area (TPSA) is 298 Å². The van der Waals surface area contributed by atoms with Crippen molar-refractivity contribution >= 4 is 45.5 Å². The molecular formula is C121H148N8O12. The van der Waals surface area contributed by atoms with Crippen LogP contribution in [0.1, 0.15) is 354 Å². The molecular weight excluding hydrogens is 1760 g/mol. The molecule has 0 saturated heterocycles. The van der Waals surface area contributed by atoms with Gasteiger partial charge in [-0.25, -0.2) is 0 Å². The van der Waals surface area contributed by atoms with Gasteiger partial charge in [0.1, 0.15) is 57.5 Å². The van der Waals surface area contributed by atoms with Crippen LogP contribution in [0, 0.1) is 0 Å². The maximum Gasteiger partial charge on any atom is 0.169 e. The van der Waals surface area contributed by atoms with Crippen LogP contribution >= 0.6 is 0 Å². The number of ether oxygens (including phenoxy) is 4. The first kappa shape index (κ1) is 107. The van der Waals surface area contributed by atoms with Gasteiger partial charge < -0.3 is 59.8 Å². The van der Waals surface area contributed by atoms with Gasteiger partial charge in [0.05, 0.1) is 22.7 Å². The highest BCUT2D eigenvalue weighted by atomic mass is 16.5. The van der Waals surface area contributed by atoms with Crippen molar-refractivity contribution in [3.63, 3.8) is 0 Å². The first-order chi connectivity index (χ1) is 69.1. The molecule has 0 aliphatic carbocycles. The van der Waals surface area contributed by atoms with E-state index >= 15 is 0 Å². The Labute approximate surface area is 836 Å². The molecule has 0 radical (unpaired) electrons. The van der Waals surface area contributed by atoms with Crippen molar-refractivity contribution in [2.75, 3.05) is 0 Å². The fourth-order valence-electron chi connectivity index (χ4n) is 18.6. The van der Waals surface area contributed by atoms with E-state index < -0.39 is 46.5 Å². The zero-order valence-corrected chi connectivity index (χ0v) is 83.6. The fourth-order valence-corrected chi connectivity index (χ4v) is 18.6. The van der Waals surface area contributed by atoms with Crippen molar-refractivity contribution in [3.8, 4) is 92.0 Å². The lowest BCUT2D eigenvalue weighted by molar-refractivity contribution is 0.423. The summed E-state index contributed by atoms with van der Waals surface area (Å²) < 4.78 is 24.8. The van der Waals surface area contributed by atoms with Crippen molar-refractivity contribution in [3.05, 3.63) is 288 Å². The summed E-state index contributed by atoms with van der Waals surface area (Å²) in [7, 11) is 0. The van der Waals surface area contributed by atoms with Gasteiger partial charge in [-0.15, -0.1) is 20.5 Å². The molecule has 12 rings (SSSR count). The van der Waals surface area contributed by atoms with Crippen molar-refractivity contribution in [2.45, 2.75) is 315 Å². The maximum atomic E-state index is 14.0. The van der Waals surface area contributed by atoms with E-state index in [0.717, 1.165) is 167 Å². The van der Waals surface area contributed by atoms with E-state index in [4.69, 9.17) is 49.6 Å². The van der Waals surface area contributed by atoms with Crippen molar-refractivity contribution in [2.24, 2.45) is 40.9 Å². The summed E-state index contributed by atoms with van der Waals surface area (Å²) >= 11 is 0. The molecule has 8 N–H and O–H groups in total. The van der Waals surface area contributed by atoms with Gasteiger partial charge in [0, 0.05) is 51.1 Å². The molecule has 0 heterocycles. The van der Waals surface area contributed by atoms with E-state index in [9.17, 15) is 40.9 Å². The first-order valence-corrected chi connectivity index (χ1v) is 52.4. The molecule has 4 atom stereocenters. The summed E-state index contributed by atoms with van der Waals surface area (Å²) in [5, 5.41) is 145. The number of nitrogens with zero attached hydrogens (tertiary/aromatic N) is 8. The van der Waals surface area contributed by atoms with Crippen LogP contribution in [-0.2, 0) is 0 Å². The van der Waals surface area contributed by atoms with Crippen LogP contribution in [0.3, 0.4) is 0 Å². The highest BCUT2D eigenvalue weighted by molar-refractivity contribution is 5.76. The monoisotopic (exact) mass is 1910 g/mol. The Morgan fingerprint density at radius 2 is 0.390 bits per heavy atom. The van der Waals surface area contributed by atoms with Gasteiger partial charge >= 0.3 is 0 Å². The van der Waals surface area contributed by atoms with Gasteiger partial charge in [-0.1, -0.05) is 345 Å². The van der Waals surface area contributed by atoms with Crippen LogP contribution in [-0.4, -0.2) is 40.9 Å². The highest BCUT2D eigenvalue weighted by Crippen LogP contribution is 2.59. The molecule has 4 unspecified atom stereocenters. The van der Waals surface area contributed by atoms with E-state index in [2.05, 4.69) is 44.8 Å². The first-order valence-electron chi connectivity index (χ1n) is 52.4. The second-order valence-electron chi connectivity index (χ2n) is 37.6. The molecule has 0 spiro atoms. The van der Waals surface area contributed by atoms with E-state index in [-0.39, 0.29) is 80.2 Å². The Morgan fingerprint density at radius 1 is 0.191 bits per heavy atom. The number of phenols is 8. The molecule has 0 aliphatic heterocycles. The quantitative estimate of drug-likeness (QED) is 0.0130. The smallest absolute Gasteiger partial charge is 0.169 e. The van der Waals surface area contributed by atoms with E-state index in [1.54, 1.807) is 115 Å². The lowest BCUT2D eigenvalue weighted by atomic mass is 9.77.